The van der Waals surface area contributed by atoms with E-state index in [0.29, 0.717) is 29.8 Å². The van der Waals surface area contributed by atoms with Crippen LogP contribution in [0.4, 0.5) is 33.5 Å². The van der Waals surface area contributed by atoms with E-state index >= 15 is 0 Å². The fourth-order valence-electron chi connectivity index (χ4n) is 5.59. The number of benzene rings is 2. The molecular weight excluding hydrogens is 584 g/mol. The van der Waals surface area contributed by atoms with Gasteiger partial charge in [0.2, 0.25) is 0 Å². The van der Waals surface area contributed by atoms with E-state index in [1.54, 1.807) is 24.5 Å². The molecule has 0 bridgehead atoms. The Morgan fingerprint density at radius 3 is 2.56 bits per heavy atom. The van der Waals surface area contributed by atoms with E-state index in [0.717, 1.165) is 65.7 Å². The number of carbonyl (C=O) groups is 1. The highest BCUT2D eigenvalue weighted by atomic mass is 32.1. The van der Waals surface area contributed by atoms with Crippen molar-refractivity contribution < 1.29 is 4.79 Å². The Morgan fingerprint density at radius 2 is 1.84 bits per heavy atom. The standard InChI is InChI=1S/C33H40N10OS/c1-6-41-14-16-42(17-15-41)26-12-10-24(11-13-26)36-29-18-30(35-21-34-29)40(5)33(44)38-27-8-7-9-28-31(27)23(4)39-43(28)19-25-20-45-32(37-25)22(2)3/h7-13,18,20-22H,6,14-17,19H2,1-5H3,(H,38,44)(H,34,35,36). The summed E-state index contributed by atoms with van der Waals surface area (Å²) < 4.78 is 1.95. The fourth-order valence-corrected chi connectivity index (χ4v) is 6.41. The molecular formula is C33H40N10OS. The summed E-state index contributed by atoms with van der Waals surface area (Å²) in [5, 5.41) is 15.3. The number of fused-ring (bicyclic) bond motifs is 1. The van der Waals surface area contributed by atoms with Crippen molar-refractivity contribution in [3.63, 3.8) is 0 Å². The molecule has 6 rings (SSSR count). The van der Waals surface area contributed by atoms with E-state index in [1.165, 1.54) is 16.9 Å². The van der Waals surface area contributed by atoms with Gasteiger partial charge in [-0.1, -0.05) is 26.8 Å². The van der Waals surface area contributed by atoms with Crippen LogP contribution in [0.1, 0.15) is 43.1 Å². The Hall–Kier alpha value is -4.55. The number of thiazole rings is 1. The summed E-state index contributed by atoms with van der Waals surface area (Å²) in [5.41, 5.74) is 5.59. The number of piperazine rings is 1. The highest BCUT2D eigenvalue weighted by molar-refractivity contribution is 7.09. The van der Waals surface area contributed by atoms with Gasteiger partial charge in [-0.2, -0.15) is 5.10 Å². The number of hydrogen-bond acceptors (Lipinski definition) is 9. The first-order chi connectivity index (χ1) is 21.8. The third kappa shape index (κ3) is 6.76. The van der Waals surface area contributed by atoms with Crippen molar-refractivity contribution in [2.45, 2.75) is 40.2 Å². The Morgan fingerprint density at radius 1 is 1.07 bits per heavy atom. The number of aryl methyl sites for hydroxylation is 1. The quantitative estimate of drug-likeness (QED) is 0.196. The Kier molecular flexibility index (Phi) is 8.95. The first-order valence-electron chi connectivity index (χ1n) is 15.4. The molecule has 0 spiro atoms. The van der Waals surface area contributed by atoms with Gasteiger partial charge in [-0.25, -0.2) is 19.7 Å². The van der Waals surface area contributed by atoms with Crippen molar-refractivity contribution in [3.8, 4) is 0 Å². The summed E-state index contributed by atoms with van der Waals surface area (Å²) in [5.74, 6) is 1.47. The number of nitrogens with zero attached hydrogens (tertiary/aromatic N) is 8. The molecule has 2 N–H and O–H groups in total. The molecule has 0 atom stereocenters. The van der Waals surface area contributed by atoms with Crippen molar-refractivity contribution in [1.82, 2.24) is 29.6 Å². The third-order valence-corrected chi connectivity index (χ3v) is 9.39. The Labute approximate surface area is 267 Å². The van der Waals surface area contributed by atoms with Crippen molar-refractivity contribution in [2.24, 2.45) is 0 Å². The SMILES string of the molecule is CCN1CCN(c2ccc(Nc3cc(N(C)C(=O)Nc4cccc5c4c(C)nn5Cc4csc(C(C)C)n4)ncn3)cc2)CC1. The van der Waals surface area contributed by atoms with Gasteiger partial charge in [0.15, 0.2) is 0 Å². The molecule has 0 aliphatic carbocycles. The molecule has 0 unspecified atom stereocenters. The minimum Gasteiger partial charge on any atom is -0.369 e. The zero-order valence-electron chi connectivity index (χ0n) is 26.5. The van der Waals surface area contributed by atoms with Crippen LogP contribution in [0, 0.1) is 6.92 Å². The second-order valence-corrected chi connectivity index (χ2v) is 12.5. The number of hydrogen-bond donors (Lipinski definition) is 2. The summed E-state index contributed by atoms with van der Waals surface area (Å²) in [6, 6.07) is 15.7. The van der Waals surface area contributed by atoms with Crippen LogP contribution in [0.25, 0.3) is 10.9 Å². The van der Waals surface area contributed by atoms with Crippen LogP contribution in [-0.4, -0.2) is 75.4 Å². The highest BCUT2D eigenvalue weighted by Crippen LogP contribution is 2.29. The van der Waals surface area contributed by atoms with Gasteiger partial charge in [0, 0.05) is 67.4 Å². The van der Waals surface area contributed by atoms with Crippen molar-refractivity contribution in [3.05, 3.63) is 76.6 Å². The van der Waals surface area contributed by atoms with E-state index in [9.17, 15) is 4.79 Å². The first-order valence-corrected chi connectivity index (χ1v) is 16.3. The number of anilines is 5. The molecule has 45 heavy (non-hydrogen) atoms. The molecule has 1 aliphatic heterocycles. The molecule has 5 aromatic rings. The summed E-state index contributed by atoms with van der Waals surface area (Å²) in [6.07, 6.45) is 1.46. The summed E-state index contributed by atoms with van der Waals surface area (Å²) >= 11 is 1.68. The molecule has 0 radical (unpaired) electrons. The van der Waals surface area contributed by atoms with Gasteiger partial charge < -0.3 is 20.4 Å². The van der Waals surface area contributed by atoms with Gasteiger partial charge in [0.1, 0.15) is 18.0 Å². The lowest BCUT2D eigenvalue weighted by Crippen LogP contribution is -2.46. The largest absolute Gasteiger partial charge is 0.369 e. The number of aromatic nitrogens is 5. The number of urea groups is 1. The maximum absolute atomic E-state index is 13.4. The molecule has 11 nitrogen and oxygen atoms in total. The maximum Gasteiger partial charge on any atom is 0.327 e. The van der Waals surface area contributed by atoms with Gasteiger partial charge in [0.25, 0.3) is 0 Å². The van der Waals surface area contributed by atoms with E-state index in [1.807, 2.05) is 29.8 Å². The first kappa shape index (κ1) is 30.5. The van der Waals surface area contributed by atoms with Crippen molar-refractivity contribution in [1.29, 1.82) is 0 Å². The zero-order chi connectivity index (χ0) is 31.5. The van der Waals surface area contributed by atoms with Gasteiger partial charge >= 0.3 is 6.03 Å². The third-order valence-electron chi connectivity index (χ3n) is 8.20. The average molecular weight is 625 g/mol. The van der Waals surface area contributed by atoms with Crippen LogP contribution < -0.4 is 20.4 Å². The Balaban J connectivity index is 1.12. The average Bonchev–Trinajstić information content (AvgIpc) is 3.66. The minimum atomic E-state index is -0.312. The van der Waals surface area contributed by atoms with Crippen LogP contribution in [0.2, 0.25) is 0 Å². The van der Waals surface area contributed by atoms with E-state index in [-0.39, 0.29) is 6.03 Å². The molecule has 0 saturated carbocycles. The number of nitrogens with one attached hydrogen (secondary N) is 2. The van der Waals surface area contributed by atoms with Crippen molar-refractivity contribution in [2.75, 3.05) is 60.2 Å². The number of rotatable bonds is 9. The van der Waals surface area contributed by atoms with Crippen molar-refractivity contribution >= 4 is 57.0 Å². The molecule has 4 heterocycles. The summed E-state index contributed by atoms with van der Waals surface area (Å²) in [6.45, 7) is 14.4. The lowest BCUT2D eigenvalue weighted by Gasteiger charge is -2.35. The molecule has 12 heteroatoms. The number of carbonyl (C=O) groups excluding carboxylic acids is 1. The smallest absolute Gasteiger partial charge is 0.327 e. The van der Waals surface area contributed by atoms with Gasteiger partial charge in [-0.15, -0.1) is 11.3 Å². The molecule has 1 fully saturated rings. The van der Waals surface area contributed by atoms with Crippen LogP contribution >= 0.6 is 11.3 Å². The lowest BCUT2D eigenvalue weighted by atomic mass is 10.1. The predicted molar refractivity (Wildman–Crippen MR) is 183 cm³/mol. The topological polar surface area (TPSA) is 107 Å². The molecule has 1 saturated heterocycles. The fraction of sp³-hybridized carbons (Fsp3) is 0.364. The van der Waals surface area contributed by atoms with Crippen LogP contribution in [-0.2, 0) is 6.54 Å². The van der Waals surface area contributed by atoms with Crippen LogP contribution in [0.3, 0.4) is 0 Å². The van der Waals surface area contributed by atoms with Gasteiger partial charge in [-0.05, 0) is 49.9 Å². The number of amides is 2. The van der Waals surface area contributed by atoms with Gasteiger partial charge in [0.05, 0.1) is 34.1 Å². The maximum atomic E-state index is 13.4. The summed E-state index contributed by atoms with van der Waals surface area (Å²) in [4.78, 5) is 33.3. The minimum absolute atomic E-state index is 0.312. The van der Waals surface area contributed by atoms with E-state index in [4.69, 9.17) is 10.1 Å². The lowest BCUT2D eigenvalue weighted by molar-refractivity contribution is 0.258. The monoisotopic (exact) mass is 624 g/mol. The normalized spacial score (nSPS) is 13.9. The van der Waals surface area contributed by atoms with E-state index in [2.05, 4.69) is 80.8 Å². The molecule has 2 aromatic carbocycles. The zero-order valence-corrected chi connectivity index (χ0v) is 27.3. The number of likely N-dealkylation sites (N-methyl/N-ethyl adjacent to an activating group) is 1. The molecule has 2 amide bonds. The van der Waals surface area contributed by atoms with Gasteiger partial charge in [-0.3, -0.25) is 9.58 Å². The second-order valence-electron chi connectivity index (χ2n) is 11.6. The highest BCUT2D eigenvalue weighted by Gasteiger charge is 2.19. The molecule has 1 aliphatic rings. The Bertz CT molecular complexity index is 1770. The molecule has 3 aromatic heterocycles. The second kappa shape index (κ2) is 13.2. The van der Waals surface area contributed by atoms with Crippen LogP contribution in [0.15, 0.2) is 60.2 Å². The molecule has 234 valence electrons. The summed E-state index contributed by atoms with van der Waals surface area (Å²) in [7, 11) is 1.69. The predicted octanol–water partition coefficient (Wildman–Crippen LogP) is 6.32. The van der Waals surface area contributed by atoms with Crippen LogP contribution in [0.5, 0.6) is 0 Å². The van der Waals surface area contributed by atoms with E-state index < -0.39 is 0 Å².